The molecule has 0 atom stereocenters. The predicted octanol–water partition coefficient (Wildman–Crippen LogP) is 2.78. The number of aryl methyl sites for hydroxylation is 1. The van der Waals surface area contributed by atoms with E-state index in [1.165, 1.54) is 16.8 Å². The molecule has 0 radical (unpaired) electrons. The number of benzene rings is 2. The zero-order chi connectivity index (χ0) is 17.6. The largest absolute Gasteiger partial charge is 0.340 e. The molecule has 1 heterocycles. The van der Waals surface area contributed by atoms with Gasteiger partial charge in [0.25, 0.3) is 11.5 Å². The molecule has 0 saturated carbocycles. The van der Waals surface area contributed by atoms with Crippen LogP contribution in [0.5, 0.6) is 0 Å². The summed E-state index contributed by atoms with van der Waals surface area (Å²) in [5.41, 5.74) is 1.96. The zero-order valence-electron chi connectivity index (χ0n) is 13.9. The summed E-state index contributed by atoms with van der Waals surface area (Å²) in [6.07, 6.45) is 0. The van der Waals surface area contributed by atoms with Crippen molar-refractivity contribution in [1.82, 2.24) is 15.1 Å². The third kappa shape index (κ3) is 3.83. The normalized spacial score (nSPS) is 10.6. The van der Waals surface area contributed by atoms with Crippen molar-refractivity contribution in [2.45, 2.75) is 19.5 Å². The Labute approximate surface area is 145 Å². The zero-order valence-corrected chi connectivity index (χ0v) is 13.9. The lowest BCUT2D eigenvalue weighted by atomic mass is 9.98. The van der Waals surface area contributed by atoms with E-state index < -0.39 is 0 Å². The van der Waals surface area contributed by atoms with Gasteiger partial charge in [-0.05, 0) is 24.1 Å². The molecule has 0 unspecified atom stereocenters. The molecule has 0 fully saturated rings. The average Bonchev–Trinajstić information content (AvgIpc) is 2.67. The number of aromatic nitrogens is 2. The van der Waals surface area contributed by atoms with Crippen LogP contribution in [0.2, 0.25) is 0 Å². The van der Waals surface area contributed by atoms with E-state index in [1.54, 1.807) is 0 Å². The van der Waals surface area contributed by atoms with Gasteiger partial charge in [-0.1, -0.05) is 60.7 Å². The Morgan fingerprint density at radius 1 is 0.960 bits per heavy atom. The Hall–Kier alpha value is -3.21. The van der Waals surface area contributed by atoms with Crippen molar-refractivity contribution in [2.75, 3.05) is 0 Å². The van der Waals surface area contributed by atoms with Gasteiger partial charge in [-0.25, -0.2) is 4.68 Å². The topological polar surface area (TPSA) is 64.0 Å². The third-order valence-electron chi connectivity index (χ3n) is 3.94. The number of amides is 1. The van der Waals surface area contributed by atoms with E-state index >= 15 is 0 Å². The summed E-state index contributed by atoms with van der Waals surface area (Å²) in [7, 11) is 0. The predicted molar refractivity (Wildman–Crippen MR) is 96.4 cm³/mol. The van der Waals surface area contributed by atoms with E-state index in [0.29, 0.717) is 6.54 Å². The van der Waals surface area contributed by atoms with Crippen LogP contribution < -0.4 is 10.9 Å². The number of nitrogens with zero attached hydrogens (tertiary/aromatic N) is 2. The SMILES string of the molecule is CCn1nc(C(=O)NC(c2ccccc2)c2ccccc2)ccc1=O. The first-order valence-corrected chi connectivity index (χ1v) is 8.18. The standard InChI is InChI=1S/C20H19N3O2/c1-2-23-18(24)14-13-17(22-23)20(25)21-19(15-9-5-3-6-10-15)16-11-7-4-8-12-16/h3-14,19H,2H2,1H3,(H,21,25). The maximum atomic E-state index is 12.7. The van der Waals surface area contributed by atoms with Crippen LogP contribution in [0.1, 0.15) is 34.6 Å². The number of carbonyl (C=O) groups excluding carboxylic acids is 1. The molecule has 0 aliphatic carbocycles. The highest BCUT2D eigenvalue weighted by molar-refractivity contribution is 5.92. The fraction of sp³-hybridized carbons (Fsp3) is 0.150. The number of nitrogens with one attached hydrogen (secondary N) is 1. The molecule has 1 amide bonds. The maximum Gasteiger partial charge on any atom is 0.272 e. The molecule has 5 heteroatoms. The highest BCUT2D eigenvalue weighted by Gasteiger charge is 2.18. The van der Waals surface area contributed by atoms with Gasteiger partial charge in [-0.15, -0.1) is 0 Å². The van der Waals surface area contributed by atoms with Gasteiger partial charge in [0.15, 0.2) is 0 Å². The van der Waals surface area contributed by atoms with E-state index in [9.17, 15) is 9.59 Å². The molecule has 0 spiro atoms. The Balaban J connectivity index is 1.93. The molecule has 0 saturated heterocycles. The molecule has 1 aromatic heterocycles. The van der Waals surface area contributed by atoms with Crippen molar-refractivity contribution < 1.29 is 4.79 Å². The van der Waals surface area contributed by atoms with E-state index in [0.717, 1.165) is 11.1 Å². The van der Waals surface area contributed by atoms with Gasteiger partial charge in [0, 0.05) is 12.6 Å². The van der Waals surface area contributed by atoms with Gasteiger partial charge in [-0.3, -0.25) is 9.59 Å². The summed E-state index contributed by atoms with van der Waals surface area (Å²) in [4.78, 5) is 24.4. The lowest BCUT2D eigenvalue weighted by Gasteiger charge is -2.19. The van der Waals surface area contributed by atoms with Crippen LogP contribution in [0.15, 0.2) is 77.6 Å². The monoisotopic (exact) mass is 333 g/mol. The Morgan fingerprint density at radius 3 is 2.04 bits per heavy atom. The fourth-order valence-electron chi connectivity index (χ4n) is 2.65. The Kier molecular flexibility index (Phi) is 5.04. The number of hydrogen-bond acceptors (Lipinski definition) is 3. The first-order chi connectivity index (χ1) is 12.2. The maximum absolute atomic E-state index is 12.7. The van der Waals surface area contributed by atoms with Crippen LogP contribution in [0.4, 0.5) is 0 Å². The van der Waals surface area contributed by atoms with Gasteiger partial charge in [0.1, 0.15) is 5.69 Å². The van der Waals surface area contributed by atoms with Crippen molar-refractivity contribution in [3.8, 4) is 0 Å². The molecular formula is C20H19N3O2. The van der Waals surface area contributed by atoms with Crippen molar-refractivity contribution in [3.63, 3.8) is 0 Å². The first kappa shape index (κ1) is 16.6. The number of hydrogen-bond donors (Lipinski definition) is 1. The fourth-order valence-corrected chi connectivity index (χ4v) is 2.65. The van der Waals surface area contributed by atoms with Crippen LogP contribution >= 0.6 is 0 Å². The Bertz CT molecular complexity index is 865. The quantitative estimate of drug-likeness (QED) is 0.781. The van der Waals surface area contributed by atoms with Crippen molar-refractivity contribution in [2.24, 2.45) is 0 Å². The first-order valence-electron chi connectivity index (χ1n) is 8.18. The molecule has 0 bridgehead atoms. The van der Waals surface area contributed by atoms with Crippen LogP contribution in [-0.2, 0) is 6.54 Å². The van der Waals surface area contributed by atoms with Crippen molar-refractivity contribution >= 4 is 5.91 Å². The van der Waals surface area contributed by atoms with E-state index in [4.69, 9.17) is 0 Å². The molecule has 0 aliphatic heterocycles. The lowest BCUT2D eigenvalue weighted by Crippen LogP contribution is -2.32. The summed E-state index contributed by atoms with van der Waals surface area (Å²) < 4.78 is 1.27. The molecule has 25 heavy (non-hydrogen) atoms. The van der Waals surface area contributed by atoms with Crippen molar-refractivity contribution in [3.05, 3.63) is 100.0 Å². The van der Waals surface area contributed by atoms with Gasteiger partial charge in [-0.2, -0.15) is 5.10 Å². The molecule has 0 aliphatic rings. The van der Waals surface area contributed by atoms with Gasteiger partial charge in [0.2, 0.25) is 0 Å². The minimum absolute atomic E-state index is 0.221. The van der Waals surface area contributed by atoms with Crippen LogP contribution in [0.3, 0.4) is 0 Å². The summed E-state index contributed by atoms with van der Waals surface area (Å²) in [6.45, 7) is 2.23. The molecule has 1 N–H and O–H groups in total. The van der Waals surface area contributed by atoms with Crippen molar-refractivity contribution in [1.29, 1.82) is 0 Å². The van der Waals surface area contributed by atoms with Crippen LogP contribution in [-0.4, -0.2) is 15.7 Å². The van der Waals surface area contributed by atoms with E-state index in [1.807, 2.05) is 67.6 Å². The molecule has 3 aromatic rings. The summed E-state index contributed by atoms with van der Waals surface area (Å²) in [5.74, 6) is -0.320. The molecular weight excluding hydrogens is 314 g/mol. The number of carbonyl (C=O) groups is 1. The van der Waals surface area contributed by atoms with Gasteiger partial charge < -0.3 is 5.32 Å². The van der Waals surface area contributed by atoms with Gasteiger partial charge >= 0.3 is 0 Å². The minimum Gasteiger partial charge on any atom is -0.340 e. The highest BCUT2D eigenvalue weighted by Crippen LogP contribution is 2.22. The molecule has 3 rings (SSSR count). The molecule has 126 valence electrons. The summed E-state index contributed by atoms with van der Waals surface area (Å²) in [5, 5.41) is 7.14. The molecule has 2 aromatic carbocycles. The lowest BCUT2D eigenvalue weighted by molar-refractivity contribution is 0.0935. The average molecular weight is 333 g/mol. The van der Waals surface area contributed by atoms with E-state index in [2.05, 4.69) is 10.4 Å². The third-order valence-corrected chi connectivity index (χ3v) is 3.94. The van der Waals surface area contributed by atoms with Gasteiger partial charge in [0.05, 0.1) is 6.04 Å². The second-order valence-corrected chi connectivity index (χ2v) is 5.60. The highest BCUT2D eigenvalue weighted by atomic mass is 16.2. The second kappa shape index (κ2) is 7.57. The minimum atomic E-state index is -0.320. The van der Waals surface area contributed by atoms with Crippen LogP contribution in [0.25, 0.3) is 0 Å². The van der Waals surface area contributed by atoms with Crippen LogP contribution in [0, 0.1) is 0 Å². The summed E-state index contributed by atoms with van der Waals surface area (Å²) in [6, 6.07) is 22.0. The second-order valence-electron chi connectivity index (χ2n) is 5.60. The smallest absolute Gasteiger partial charge is 0.272 e. The van der Waals surface area contributed by atoms with E-state index in [-0.39, 0.29) is 23.2 Å². The Morgan fingerprint density at radius 2 is 1.52 bits per heavy atom. The molecule has 5 nitrogen and oxygen atoms in total. The number of rotatable bonds is 5. The summed E-state index contributed by atoms with van der Waals surface area (Å²) >= 11 is 0.